The van der Waals surface area contributed by atoms with Crippen LogP contribution < -0.4 is 4.74 Å². The average Bonchev–Trinajstić information content (AvgIpc) is 2.89. The molecule has 1 atom stereocenters. The number of hydrogen-bond acceptors (Lipinski definition) is 4. The minimum Gasteiger partial charge on any atom is -0.483 e. The first kappa shape index (κ1) is 14.0. The minimum absolute atomic E-state index is 0.160. The molecule has 5 nitrogen and oxygen atoms in total. The van der Waals surface area contributed by atoms with Gasteiger partial charge >= 0.3 is 0 Å². The lowest BCUT2D eigenvalue weighted by atomic mass is 10.1. The third-order valence-electron chi connectivity index (χ3n) is 3.73. The maximum Gasteiger partial charge on any atom is 0.171 e. The molecule has 21 heavy (non-hydrogen) atoms. The number of ether oxygens (including phenoxy) is 1. The van der Waals surface area contributed by atoms with Crippen molar-refractivity contribution in [1.29, 1.82) is 0 Å². The summed E-state index contributed by atoms with van der Waals surface area (Å²) in [7, 11) is 0. The summed E-state index contributed by atoms with van der Waals surface area (Å²) in [4.78, 5) is 0. The number of aryl methyl sites for hydroxylation is 1. The highest BCUT2D eigenvalue weighted by molar-refractivity contribution is 5.30. The molecular weight excluding hydrogens is 273 g/mol. The summed E-state index contributed by atoms with van der Waals surface area (Å²) < 4.78 is 21.4. The van der Waals surface area contributed by atoms with Gasteiger partial charge in [0.1, 0.15) is 12.4 Å². The SMILES string of the molecule is CC(O)c1ccc(OCc2nnc3n2CCCC3)c(F)c1. The van der Waals surface area contributed by atoms with E-state index in [4.69, 9.17) is 4.74 Å². The zero-order chi connectivity index (χ0) is 14.8. The van der Waals surface area contributed by atoms with Crippen molar-refractivity contribution in [3.05, 3.63) is 41.2 Å². The molecule has 112 valence electrons. The molecule has 0 bridgehead atoms. The zero-order valence-corrected chi connectivity index (χ0v) is 11.9. The van der Waals surface area contributed by atoms with E-state index in [2.05, 4.69) is 10.2 Å². The molecule has 2 heterocycles. The highest BCUT2D eigenvalue weighted by Crippen LogP contribution is 2.23. The van der Waals surface area contributed by atoms with Crippen molar-refractivity contribution in [2.45, 2.75) is 45.4 Å². The fourth-order valence-corrected chi connectivity index (χ4v) is 2.51. The average molecular weight is 291 g/mol. The van der Waals surface area contributed by atoms with Crippen LogP contribution in [0.1, 0.15) is 43.1 Å². The monoisotopic (exact) mass is 291 g/mol. The van der Waals surface area contributed by atoms with Gasteiger partial charge in [0, 0.05) is 13.0 Å². The summed E-state index contributed by atoms with van der Waals surface area (Å²) in [5, 5.41) is 17.7. The Morgan fingerprint density at radius 1 is 1.38 bits per heavy atom. The Morgan fingerprint density at radius 2 is 2.24 bits per heavy atom. The molecule has 0 saturated heterocycles. The normalized spacial score (nSPS) is 15.6. The van der Waals surface area contributed by atoms with Crippen LogP contribution >= 0.6 is 0 Å². The van der Waals surface area contributed by atoms with E-state index < -0.39 is 11.9 Å². The summed E-state index contributed by atoms with van der Waals surface area (Å²) in [5.74, 6) is 1.38. The van der Waals surface area contributed by atoms with Gasteiger partial charge in [0.15, 0.2) is 17.4 Å². The lowest BCUT2D eigenvalue weighted by Crippen LogP contribution is -2.14. The van der Waals surface area contributed by atoms with Gasteiger partial charge in [0.2, 0.25) is 0 Å². The number of fused-ring (bicyclic) bond motifs is 1. The van der Waals surface area contributed by atoms with Gasteiger partial charge in [-0.3, -0.25) is 0 Å². The van der Waals surface area contributed by atoms with Crippen LogP contribution in [0, 0.1) is 5.82 Å². The van der Waals surface area contributed by atoms with E-state index in [1.165, 1.54) is 12.1 Å². The van der Waals surface area contributed by atoms with Crippen LogP contribution in [0.2, 0.25) is 0 Å². The molecule has 1 aliphatic heterocycles. The first-order valence-corrected chi connectivity index (χ1v) is 7.16. The van der Waals surface area contributed by atoms with E-state index >= 15 is 0 Å². The van der Waals surface area contributed by atoms with Crippen molar-refractivity contribution in [2.24, 2.45) is 0 Å². The number of rotatable bonds is 4. The summed E-state index contributed by atoms with van der Waals surface area (Å²) in [5.41, 5.74) is 0.528. The Morgan fingerprint density at radius 3 is 3.00 bits per heavy atom. The number of aliphatic hydroxyl groups is 1. The molecule has 1 aromatic heterocycles. The van der Waals surface area contributed by atoms with Gasteiger partial charge in [-0.05, 0) is 37.5 Å². The number of halogens is 1. The Bertz CT molecular complexity index is 640. The van der Waals surface area contributed by atoms with Crippen molar-refractivity contribution >= 4 is 0 Å². The van der Waals surface area contributed by atoms with Crippen LogP contribution in [0.4, 0.5) is 4.39 Å². The molecule has 0 fully saturated rings. The van der Waals surface area contributed by atoms with Crippen molar-refractivity contribution < 1.29 is 14.2 Å². The van der Waals surface area contributed by atoms with E-state index in [9.17, 15) is 9.50 Å². The Labute approximate surface area is 122 Å². The van der Waals surface area contributed by atoms with Gasteiger partial charge in [0.05, 0.1) is 6.10 Å². The molecular formula is C15H18FN3O2. The van der Waals surface area contributed by atoms with Crippen molar-refractivity contribution in [1.82, 2.24) is 14.8 Å². The maximum absolute atomic E-state index is 13.9. The Balaban J connectivity index is 1.72. The molecule has 0 aliphatic carbocycles. The second kappa shape index (κ2) is 5.81. The summed E-state index contributed by atoms with van der Waals surface area (Å²) >= 11 is 0. The number of aliphatic hydroxyl groups excluding tert-OH is 1. The van der Waals surface area contributed by atoms with Crippen molar-refractivity contribution in [3.63, 3.8) is 0 Å². The van der Waals surface area contributed by atoms with Gasteiger partial charge in [-0.15, -0.1) is 10.2 Å². The van der Waals surface area contributed by atoms with Crippen LogP contribution in [0.3, 0.4) is 0 Å². The molecule has 3 rings (SSSR count). The predicted molar refractivity (Wildman–Crippen MR) is 74.3 cm³/mol. The smallest absolute Gasteiger partial charge is 0.171 e. The lowest BCUT2D eigenvalue weighted by molar-refractivity contribution is 0.198. The van der Waals surface area contributed by atoms with Gasteiger partial charge in [-0.25, -0.2) is 4.39 Å². The highest BCUT2D eigenvalue weighted by atomic mass is 19.1. The van der Waals surface area contributed by atoms with E-state index in [0.717, 1.165) is 37.5 Å². The predicted octanol–water partition coefficient (Wildman–Crippen LogP) is 2.39. The van der Waals surface area contributed by atoms with Crippen LogP contribution in [0.5, 0.6) is 5.75 Å². The second-order valence-electron chi connectivity index (χ2n) is 5.30. The number of nitrogens with zero attached hydrogens (tertiary/aromatic N) is 3. The lowest BCUT2D eigenvalue weighted by Gasteiger charge is -2.15. The molecule has 1 N–H and O–H groups in total. The Kier molecular flexibility index (Phi) is 3.88. The maximum atomic E-state index is 13.9. The molecule has 0 spiro atoms. The van der Waals surface area contributed by atoms with Gasteiger partial charge in [0.25, 0.3) is 0 Å². The fourth-order valence-electron chi connectivity index (χ4n) is 2.51. The molecule has 1 aromatic carbocycles. The summed E-state index contributed by atoms with van der Waals surface area (Å²) in [6, 6.07) is 4.48. The first-order chi connectivity index (χ1) is 10.1. The molecule has 0 amide bonds. The van der Waals surface area contributed by atoms with E-state index in [-0.39, 0.29) is 12.4 Å². The fraction of sp³-hybridized carbons (Fsp3) is 0.467. The molecule has 2 aromatic rings. The van der Waals surface area contributed by atoms with Gasteiger partial charge in [-0.1, -0.05) is 6.07 Å². The summed E-state index contributed by atoms with van der Waals surface area (Å²) in [6.07, 6.45) is 2.48. The van der Waals surface area contributed by atoms with E-state index in [1.54, 1.807) is 13.0 Å². The molecule has 1 aliphatic rings. The largest absolute Gasteiger partial charge is 0.483 e. The zero-order valence-electron chi connectivity index (χ0n) is 11.9. The van der Waals surface area contributed by atoms with E-state index in [1.807, 2.05) is 4.57 Å². The molecule has 6 heteroatoms. The molecule has 0 saturated carbocycles. The third-order valence-corrected chi connectivity index (χ3v) is 3.73. The van der Waals surface area contributed by atoms with Gasteiger partial charge < -0.3 is 14.4 Å². The van der Waals surface area contributed by atoms with Crippen LogP contribution in [0.25, 0.3) is 0 Å². The second-order valence-corrected chi connectivity index (χ2v) is 5.30. The standard InChI is InChI=1S/C15H18FN3O2/c1-10(20)11-5-6-13(12(16)8-11)21-9-15-18-17-14-4-2-3-7-19(14)15/h5-6,8,10,20H,2-4,7,9H2,1H3. The van der Waals surface area contributed by atoms with Crippen molar-refractivity contribution in [3.8, 4) is 5.75 Å². The molecule has 0 radical (unpaired) electrons. The van der Waals surface area contributed by atoms with Crippen LogP contribution in [0.15, 0.2) is 18.2 Å². The van der Waals surface area contributed by atoms with Crippen LogP contribution in [-0.4, -0.2) is 19.9 Å². The molecule has 1 unspecified atom stereocenters. The topological polar surface area (TPSA) is 60.2 Å². The highest BCUT2D eigenvalue weighted by Gasteiger charge is 2.16. The third kappa shape index (κ3) is 2.90. The quantitative estimate of drug-likeness (QED) is 0.939. The Hall–Kier alpha value is -1.95. The van der Waals surface area contributed by atoms with Crippen molar-refractivity contribution in [2.75, 3.05) is 0 Å². The number of benzene rings is 1. The number of aromatic nitrogens is 3. The first-order valence-electron chi connectivity index (χ1n) is 7.16. The van der Waals surface area contributed by atoms with Crippen LogP contribution in [-0.2, 0) is 19.6 Å². The number of hydrogen-bond donors (Lipinski definition) is 1. The van der Waals surface area contributed by atoms with Gasteiger partial charge in [-0.2, -0.15) is 0 Å². The minimum atomic E-state index is -0.697. The summed E-state index contributed by atoms with van der Waals surface area (Å²) in [6.45, 7) is 2.68. The van der Waals surface area contributed by atoms with E-state index in [0.29, 0.717) is 5.56 Å².